The summed E-state index contributed by atoms with van der Waals surface area (Å²) in [4.78, 5) is 32.6. The number of urea groups is 2. The molecule has 2 fully saturated rings. The zero-order chi connectivity index (χ0) is 22.0. The summed E-state index contributed by atoms with van der Waals surface area (Å²) in [6.07, 6.45) is 3.39. The molecule has 31 heavy (non-hydrogen) atoms. The van der Waals surface area contributed by atoms with Crippen LogP contribution >= 0.6 is 0 Å². The van der Waals surface area contributed by atoms with Gasteiger partial charge in [-0.25, -0.2) is 9.59 Å². The molecule has 2 unspecified atom stereocenters. The van der Waals surface area contributed by atoms with Gasteiger partial charge in [0.25, 0.3) is 0 Å². The molecule has 0 aliphatic carbocycles. The number of primary amides is 1. The van der Waals surface area contributed by atoms with E-state index in [1.165, 1.54) is 11.1 Å². The van der Waals surface area contributed by atoms with Crippen molar-refractivity contribution in [2.75, 3.05) is 39.8 Å². The number of aliphatic hydroxyl groups excluding tert-OH is 1. The van der Waals surface area contributed by atoms with Gasteiger partial charge < -0.3 is 25.5 Å². The normalized spacial score (nSPS) is 26.0. The monoisotopic (exact) mass is 429 g/mol. The van der Waals surface area contributed by atoms with Gasteiger partial charge in [0.1, 0.15) is 0 Å². The maximum absolute atomic E-state index is 12.8. The van der Waals surface area contributed by atoms with Gasteiger partial charge in [0.2, 0.25) is 0 Å². The van der Waals surface area contributed by atoms with Crippen molar-refractivity contribution in [1.29, 1.82) is 0 Å². The van der Waals surface area contributed by atoms with Gasteiger partial charge in [0.15, 0.2) is 0 Å². The van der Waals surface area contributed by atoms with Gasteiger partial charge in [-0.15, -0.1) is 0 Å². The molecule has 0 bridgehead atoms. The van der Waals surface area contributed by atoms with E-state index < -0.39 is 12.1 Å². The first kappa shape index (κ1) is 21.9. The zero-order valence-electron chi connectivity index (χ0n) is 18.4. The van der Waals surface area contributed by atoms with Crippen LogP contribution in [0.1, 0.15) is 36.8 Å². The van der Waals surface area contributed by atoms with E-state index in [4.69, 9.17) is 5.73 Å². The van der Waals surface area contributed by atoms with E-state index in [1.807, 2.05) is 11.9 Å². The number of fused-ring (bicyclic) bond motifs is 1. The smallest absolute Gasteiger partial charge is 0.320 e. The van der Waals surface area contributed by atoms with Crippen LogP contribution in [0.2, 0.25) is 0 Å². The summed E-state index contributed by atoms with van der Waals surface area (Å²) in [7, 11) is 1.82. The lowest BCUT2D eigenvalue weighted by Gasteiger charge is -2.48. The molecule has 3 aliphatic heterocycles. The highest BCUT2D eigenvalue weighted by atomic mass is 16.3. The topological polar surface area (TPSA) is 93.3 Å². The lowest BCUT2D eigenvalue weighted by atomic mass is 9.89. The summed E-state index contributed by atoms with van der Waals surface area (Å²) in [5.41, 5.74) is 8.40. The third-order valence-electron chi connectivity index (χ3n) is 7.08. The number of likely N-dealkylation sites (tertiary alicyclic amines) is 1. The first-order chi connectivity index (χ1) is 14.9. The van der Waals surface area contributed by atoms with Gasteiger partial charge >= 0.3 is 12.1 Å². The van der Waals surface area contributed by atoms with Gasteiger partial charge in [-0.1, -0.05) is 24.3 Å². The molecule has 0 saturated carbocycles. The average Bonchev–Trinajstić information content (AvgIpc) is 2.75. The van der Waals surface area contributed by atoms with Crippen LogP contribution in [0.5, 0.6) is 0 Å². The fraction of sp³-hybridized carbons (Fsp3) is 0.652. The Kier molecular flexibility index (Phi) is 6.67. The Morgan fingerprint density at radius 3 is 2.71 bits per heavy atom. The van der Waals surface area contributed by atoms with E-state index >= 15 is 0 Å². The summed E-state index contributed by atoms with van der Waals surface area (Å²) >= 11 is 0. The van der Waals surface area contributed by atoms with Crippen LogP contribution in [-0.4, -0.2) is 94.7 Å². The maximum Gasteiger partial charge on any atom is 0.320 e. The number of aliphatic hydroxyl groups is 1. The molecule has 3 N–H and O–H groups in total. The van der Waals surface area contributed by atoms with Crippen LogP contribution in [0.4, 0.5) is 9.59 Å². The maximum atomic E-state index is 12.8. The predicted octanol–water partition coefficient (Wildman–Crippen LogP) is 1.46. The number of benzene rings is 1. The lowest BCUT2D eigenvalue weighted by molar-refractivity contribution is 0.0184. The van der Waals surface area contributed by atoms with E-state index in [1.54, 1.807) is 9.80 Å². The van der Waals surface area contributed by atoms with Crippen molar-refractivity contribution in [1.82, 2.24) is 19.6 Å². The summed E-state index contributed by atoms with van der Waals surface area (Å²) in [6, 6.07) is 7.64. The fourth-order valence-electron chi connectivity index (χ4n) is 5.52. The number of rotatable bonds is 5. The highest BCUT2D eigenvalue weighted by molar-refractivity contribution is 5.76. The minimum Gasteiger partial charge on any atom is -0.392 e. The number of nitrogens with two attached hydrogens (primary N) is 1. The number of carbonyl (C=O) groups excluding carboxylic acids is 2. The van der Waals surface area contributed by atoms with Gasteiger partial charge in [-0.05, 0) is 43.2 Å². The van der Waals surface area contributed by atoms with E-state index in [0.29, 0.717) is 26.1 Å². The second kappa shape index (κ2) is 9.44. The van der Waals surface area contributed by atoms with Gasteiger partial charge in [0, 0.05) is 46.3 Å². The van der Waals surface area contributed by atoms with Crippen LogP contribution < -0.4 is 5.73 Å². The third-order valence-corrected chi connectivity index (χ3v) is 7.08. The number of nitrogens with zero attached hydrogens (tertiary/aromatic N) is 4. The molecule has 8 nitrogen and oxygen atoms in total. The molecule has 1 aromatic rings. The molecule has 1 aromatic carbocycles. The van der Waals surface area contributed by atoms with Crippen LogP contribution in [-0.2, 0) is 13.0 Å². The van der Waals surface area contributed by atoms with Crippen LogP contribution in [0.3, 0.4) is 0 Å². The number of carbonyl (C=O) groups is 2. The molecule has 3 atom stereocenters. The second-order valence-electron chi connectivity index (χ2n) is 9.20. The number of hydrogen-bond donors (Lipinski definition) is 2. The standard InChI is InChI=1S/C23H35N5O3/c1-25-10-5-12-28(23(25)31)20-8-4-11-27(22(24)30)21(20)14-19(29)16-26-13-9-17-6-2-3-7-18(17)15-26/h2-3,6-7,19-21,29H,4-5,8-16H2,1H3,(H2,24,30)/t19-,20?,21?/m0/s1. The van der Waals surface area contributed by atoms with Gasteiger partial charge in [-0.3, -0.25) is 4.90 Å². The molecular weight excluding hydrogens is 394 g/mol. The Bertz CT molecular complexity index is 803. The Morgan fingerprint density at radius 2 is 1.94 bits per heavy atom. The second-order valence-corrected chi connectivity index (χ2v) is 9.20. The molecule has 0 radical (unpaired) electrons. The fourth-order valence-corrected chi connectivity index (χ4v) is 5.52. The quantitative estimate of drug-likeness (QED) is 0.741. The third kappa shape index (κ3) is 4.80. The number of amides is 4. The van der Waals surface area contributed by atoms with Crippen LogP contribution in [0, 0.1) is 0 Å². The highest BCUT2D eigenvalue weighted by Crippen LogP contribution is 2.29. The molecule has 4 amide bonds. The molecule has 3 aliphatic rings. The Morgan fingerprint density at radius 1 is 1.16 bits per heavy atom. The first-order valence-corrected chi connectivity index (χ1v) is 11.5. The molecule has 8 heteroatoms. The van der Waals surface area contributed by atoms with Crippen molar-refractivity contribution < 1.29 is 14.7 Å². The lowest BCUT2D eigenvalue weighted by Crippen LogP contribution is -2.63. The Labute approximate surface area is 184 Å². The summed E-state index contributed by atoms with van der Waals surface area (Å²) in [5, 5.41) is 11.0. The summed E-state index contributed by atoms with van der Waals surface area (Å²) in [6.45, 7) is 4.32. The molecule has 0 spiro atoms. The van der Waals surface area contributed by atoms with Crippen molar-refractivity contribution in [2.45, 2.75) is 56.8 Å². The average molecular weight is 430 g/mol. The van der Waals surface area contributed by atoms with Crippen molar-refractivity contribution in [2.24, 2.45) is 5.73 Å². The SMILES string of the molecule is CN1CCCN(C2CCCN(C(N)=O)C2C[C@H](O)CN2CCc3ccccc3C2)C1=O. The molecule has 2 saturated heterocycles. The van der Waals surface area contributed by atoms with E-state index in [0.717, 1.165) is 45.3 Å². The minimum atomic E-state index is -0.588. The molecule has 0 aromatic heterocycles. The van der Waals surface area contributed by atoms with Crippen LogP contribution in [0.15, 0.2) is 24.3 Å². The van der Waals surface area contributed by atoms with Crippen LogP contribution in [0.25, 0.3) is 0 Å². The van der Waals surface area contributed by atoms with E-state index in [2.05, 4.69) is 29.2 Å². The number of β-amino-alcohol motifs (C(OH)–C–C–N with tert-alkyl or cyclic N) is 1. The Balaban J connectivity index is 1.45. The highest BCUT2D eigenvalue weighted by Gasteiger charge is 2.41. The van der Waals surface area contributed by atoms with Gasteiger partial charge in [-0.2, -0.15) is 0 Å². The number of hydrogen-bond acceptors (Lipinski definition) is 4. The molecule has 3 heterocycles. The van der Waals surface area contributed by atoms with Crippen molar-refractivity contribution in [3.05, 3.63) is 35.4 Å². The van der Waals surface area contributed by atoms with Crippen molar-refractivity contribution >= 4 is 12.1 Å². The Hall–Kier alpha value is -2.32. The molecule has 4 rings (SSSR count). The van der Waals surface area contributed by atoms with Crippen molar-refractivity contribution in [3.8, 4) is 0 Å². The van der Waals surface area contributed by atoms with Crippen molar-refractivity contribution in [3.63, 3.8) is 0 Å². The largest absolute Gasteiger partial charge is 0.392 e. The summed E-state index contributed by atoms with van der Waals surface area (Å²) in [5.74, 6) is 0. The first-order valence-electron chi connectivity index (χ1n) is 11.5. The van der Waals surface area contributed by atoms with E-state index in [9.17, 15) is 14.7 Å². The minimum absolute atomic E-state index is 0.00898. The zero-order valence-corrected chi connectivity index (χ0v) is 18.4. The van der Waals surface area contributed by atoms with E-state index in [-0.39, 0.29) is 18.1 Å². The predicted molar refractivity (Wildman–Crippen MR) is 118 cm³/mol. The molecule has 170 valence electrons. The number of piperidine rings is 1. The summed E-state index contributed by atoms with van der Waals surface area (Å²) < 4.78 is 0. The molecular formula is C23H35N5O3. The van der Waals surface area contributed by atoms with Gasteiger partial charge in [0.05, 0.1) is 18.2 Å².